The lowest BCUT2D eigenvalue weighted by Gasteiger charge is -2.31. The number of nitrogens with one attached hydrogen (secondary N) is 2. The van der Waals surface area contributed by atoms with E-state index in [1.807, 2.05) is 0 Å². The minimum absolute atomic E-state index is 0.0156. The van der Waals surface area contributed by atoms with Crippen LogP contribution in [0.1, 0.15) is 36.2 Å². The third kappa shape index (κ3) is 4.75. The summed E-state index contributed by atoms with van der Waals surface area (Å²) in [7, 11) is 0. The van der Waals surface area contributed by atoms with E-state index in [1.165, 1.54) is 25.1 Å². The molecule has 9 nitrogen and oxygen atoms in total. The van der Waals surface area contributed by atoms with E-state index in [2.05, 4.69) is 10.6 Å². The van der Waals surface area contributed by atoms with Crippen molar-refractivity contribution < 1.29 is 24.4 Å². The van der Waals surface area contributed by atoms with Crippen molar-refractivity contribution in [3.05, 3.63) is 75.8 Å². The molecule has 0 saturated heterocycles. The molecule has 0 aliphatic rings. The van der Waals surface area contributed by atoms with E-state index in [9.17, 15) is 29.6 Å². The lowest BCUT2D eigenvalue weighted by molar-refractivity contribution is -0.384. The molecule has 0 aromatic heterocycles. The number of nitro groups is 1. The van der Waals surface area contributed by atoms with E-state index in [-0.39, 0.29) is 17.7 Å². The molecular formula is C20H21N3O6. The maximum Gasteiger partial charge on any atom is 0.334 e. The van der Waals surface area contributed by atoms with Gasteiger partial charge in [0.05, 0.1) is 4.92 Å². The molecule has 2 aromatic rings. The number of benzene rings is 2. The van der Waals surface area contributed by atoms with E-state index in [0.717, 1.165) is 6.07 Å². The summed E-state index contributed by atoms with van der Waals surface area (Å²) in [5.74, 6) is -2.61. The van der Waals surface area contributed by atoms with Gasteiger partial charge in [0.15, 0.2) is 5.54 Å². The predicted octanol–water partition coefficient (Wildman–Crippen LogP) is 2.22. The Balaban J connectivity index is 2.18. The van der Waals surface area contributed by atoms with E-state index in [0.29, 0.717) is 5.56 Å². The highest BCUT2D eigenvalue weighted by Crippen LogP contribution is 2.25. The first kappa shape index (κ1) is 21.5. The van der Waals surface area contributed by atoms with Gasteiger partial charge in [-0.1, -0.05) is 43.3 Å². The van der Waals surface area contributed by atoms with E-state index < -0.39 is 34.3 Å². The fourth-order valence-electron chi connectivity index (χ4n) is 2.84. The standard InChI is InChI=1S/C20H21N3O6/c1-3-20(19(26)27,15-9-5-4-6-10-15)22-17(24)13(2)21-18(25)14-8-7-11-16(12-14)23(28)29/h4-13H,3H2,1-2H3,(H,21,25)(H,22,24)(H,26,27). The fourth-order valence-corrected chi connectivity index (χ4v) is 2.84. The zero-order valence-corrected chi connectivity index (χ0v) is 15.9. The maximum atomic E-state index is 12.6. The number of hydrogen-bond donors (Lipinski definition) is 3. The summed E-state index contributed by atoms with van der Waals surface area (Å²) in [6.07, 6.45) is 0.0869. The Labute approximate surface area is 166 Å². The monoisotopic (exact) mass is 399 g/mol. The van der Waals surface area contributed by atoms with Crippen LogP contribution in [0.15, 0.2) is 54.6 Å². The number of amides is 2. The molecule has 2 unspecified atom stereocenters. The molecule has 0 bridgehead atoms. The van der Waals surface area contributed by atoms with Gasteiger partial charge < -0.3 is 15.7 Å². The van der Waals surface area contributed by atoms with Gasteiger partial charge >= 0.3 is 5.97 Å². The van der Waals surface area contributed by atoms with Gasteiger partial charge in [-0.25, -0.2) is 4.79 Å². The van der Waals surface area contributed by atoms with E-state index >= 15 is 0 Å². The van der Waals surface area contributed by atoms with Crippen LogP contribution < -0.4 is 10.6 Å². The first-order chi connectivity index (χ1) is 13.7. The van der Waals surface area contributed by atoms with Gasteiger partial charge in [0.25, 0.3) is 11.6 Å². The summed E-state index contributed by atoms with van der Waals surface area (Å²) in [6.45, 7) is 3.03. The van der Waals surface area contributed by atoms with Gasteiger partial charge in [0.2, 0.25) is 5.91 Å². The Morgan fingerprint density at radius 3 is 2.34 bits per heavy atom. The van der Waals surface area contributed by atoms with Crippen molar-refractivity contribution >= 4 is 23.5 Å². The molecule has 0 fully saturated rings. The Kier molecular flexibility index (Phi) is 6.66. The van der Waals surface area contributed by atoms with Crippen molar-refractivity contribution in [3.63, 3.8) is 0 Å². The summed E-state index contributed by atoms with van der Waals surface area (Å²) in [5, 5.41) is 25.6. The van der Waals surface area contributed by atoms with Crippen LogP contribution in [0.5, 0.6) is 0 Å². The Hall–Kier alpha value is -3.75. The molecule has 9 heteroatoms. The number of carbonyl (C=O) groups excluding carboxylic acids is 2. The van der Waals surface area contributed by atoms with Crippen molar-refractivity contribution in [1.29, 1.82) is 0 Å². The van der Waals surface area contributed by atoms with Crippen LogP contribution >= 0.6 is 0 Å². The molecular weight excluding hydrogens is 378 g/mol. The van der Waals surface area contributed by atoms with Gasteiger partial charge in [-0.15, -0.1) is 0 Å². The van der Waals surface area contributed by atoms with Crippen LogP contribution in [0.3, 0.4) is 0 Å². The van der Waals surface area contributed by atoms with E-state index in [1.54, 1.807) is 37.3 Å². The fraction of sp³-hybridized carbons (Fsp3) is 0.250. The van der Waals surface area contributed by atoms with Crippen molar-refractivity contribution in [2.24, 2.45) is 0 Å². The number of aliphatic carboxylic acids is 1. The van der Waals surface area contributed by atoms with Gasteiger partial charge in [-0.2, -0.15) is 0 Å². The second-order valence-electron chi connectivity index (χ2n) is 6.42. The summed E-state index contributed by atoms with van der Waals surface area (Å²) < 4.78 is 0. The average Bonchev–Trinajstić information content (AvgIpc) is 2.72. The molecule has 3 N–H and O–H groups in total. The van der Waals surface area contributed by atoms with Gasteiger partial charge in [0.1, 0.15) is 6.04 Å². The average molecular weight is 399 g/mol. The van der Waals surface area contributed by atoms with Crippen LogP contribution in [0, 0.1) is 10.1 Å². The largest absolute Gasteiger partial charge is 0.479 e. The summed E-state index contributed by atoms with van der Waals surface area (Å²) in [4.78, 5) is 47.2. The molecule has 29 heavy (non-hydrogen) atoms. The number of carbonyl (C=O) groups is 3. The smallest absolute Gasteiger partial charge is 0.334 e. The number of carboxylic acids is 1. The molecule has 0 aliphatic heterocycles. The third-order valence-electron chi connectivity index (χ3n) is 4.56. The summed E-state index contributed by atoms with van der Waals surface area (Å²) in [6, 6.07) is 12.3. The highest BCUT2D eigenvalue weighted by atomic mass is 16.6. The van der Waals surface area contributed by atoms with Crippen LogP contribution in [-0.2, 0) is 15.1 Å². The van der Waals surface area contributed by atoms with Gasteiger partial charge in [-0.3, -0.25) is 19.7 Å². The quantitative estimate of drug-likeness (QED) is 0.459. The number of carboxylic acid groups (broad SMARTS) is 1. The maximum absolute atomic E-state index is 12.6. The van der Waals surface area contributed by atoms with E-state index in [4.69, 9.17) is 0 Å². The van der Waals surface area contributed by atoms with Crippen molar-refractivity contribution in [1.82, 2.24) is 10.6 Å². The molecule has 2 amide bonds. The SMILES string of the molecule is CCC(NC(=O)C(C)NC(=O)c1cccc([N+](=O)[O-])c1)(C(=O)O)c1ccccc1. The zero-order chi connectivity index (χ0) is 21.6. The third-order valence-corrected chi connectivity index (χ3v) is 4.56. The number of hydrogen-bond acceptors (Lipinski definition) is 5. The van der Waals surface area contributed by atoms with Crippen LogP contribution in [0.25, 0.3) is 0 Å². The molecule has 0 aliphatic carbocycles. The van der Waals surface area contributed by atoms with Crippen LogP contribution in [-0.4, -0.2) is 33.9 Å². The van der Waals surface area contributed by atoms with Crippen molar-refractivity contribution in [2.45, 2.75) is 31.8 Å². The van der Waals surface area contributed by atoms with Crippen LogP contribution in [0.4, 0.5) is 5.69 Å². The molecule has 152 valence electrons. The molecule has 0 spiro atoms. The molecule has 0 radical (unpaired) electrons. The summed E-state index contributed by atoms with van der Waals surface area (Å²) >= 11 is 0. The molecule has 2 atom stereocenters. The number of nitrogens with zero attached hydrogens (tertiary/aromatic N) is 1. The van der Waals surface area contributed by atoms with Gasteiger partial charge in [-0.05, 0) is 25.0 Å². The lowest BCUT2D eigenvalue weighted by Crippen LogP contribution is -2.56. The molecule has 2 aromatic carbocycles. The molecule has 2 rings (SSSR count). The molecule has 0 saturated carbocycles. The number of nitro benzene ring substituents is 1. The van der Waals surface area contributed by atoms with Gasteiger partial charge in [0, 0.05) is 17.7 Å². The second-order valence-corrected chi connectivity index (χ2v) is 6.42. The lowest BCUT2D eigenvalue weighted by atomic mass is 9.87. The van der Waals surface area contributed by atoms with Crippen LogP contribution in [0.2, 0.25) is 0 Å². The zero-order valence-electron chi connectivity index (χ0n) is 15.9. The Bertz CT molecular complexity index is 931. The first-order valence-electron chi connectivity index (χ1n) is 8.87. The number of non-ortho nitro benzene ring substituents is 1. The minimum atomic E-state index is -1.65. The highest BCUT2D eigenvalue weighted by molar-refractivity contribution is 5.98. The van der Waals surface area contributed by atoms with Crippen molar-refractivity contribution in [2.75, 3.05) is 0 Å². The topological polar surface area (TPSA) is 139 Å². The number of rotatable bonds is 8. The minimum Gasteiger partial charge on any atom is -0.479 e. The first-order valence-corrected chi connectivity index (χ1v) is 8.87. The second kappa shape index (κ2) is 8.96. The highest BCUT2D eigenvalue weighted by Gasteiger charge is 2.41. The predicted molar refractivity (Wildman–Crippen MR) is 104 cm³/mol. The van der Waals surface area contributed by atoms with Crippen molar-refractivity contribution in [3.8, 4) is 0 Å². The Morgan fingerprint density at radius 2 is 1.79 bits per heavy atom. The molecule has 0 heterocycles. The normalized spacial score (nSPS) is 13.6. The Morgan fingerprint density at radius 1 is 1.14 bits per heavy atom. The summed E-state index contributed by atoms with van der Waals surface area (Å²) in [5.41, 5.74) is -1.49.